The van der Waals surface area contributed by atoms with Gasteiger partial charge in [-0.1, -0.05) is 12.1 Å². The third kappa shape index (κ3) is 2.25. The van der Waals surface area contributed by atoms with Gasteiger partial charge < -0.3 is 10.1 Å². The molecule has 1 heterocycles. The Morgan fingerprint density at radius 3 is 2.82 bits per heavy atom. The molecular weight excluding hydrogens is 238 g/mol. The first kappa shape index (κ1) is 12.3. The van der Waals surface area contributed by atoms with E-state index in [2.05, 4.69) is 5.32 Å². The number of carbonyl (C=O) groups is 1. The minimum Gasteiger partial charge on any atom is -0.307 e. The molecule has 2 rings (SSSR count). The lowest BCUT2D eigenvalue weighted by Crippen LogP contribution is -2.20. The molecule has 1 N–H and O–H groups in total. The number of hydrogen-bond donors (Lipinski definition) is 1. The molecule has 0 aliphatic carbocycles. The number of hydrogen-bond acceptors (Lipinski definition) is 4. The van der Waals surface area contributed by atoms with Crippen LogP contribution in [0.2, 0.25) is 0 Å². The highest BCUT2D eigenvalue weighted by Gasteiger charge is 2.24. The third-order valence-corrected chi connectivity index (χ3v) is 4.98. The van der Waals surface area contributed by atoms with Crippen LogP contribution in [-0.2, 0) is 21.1 Å². The van der Waals surface area contributed by atoms with Gasteiger partial charge >= 0.3 is 0 Å². The zero-order valence-electron chi connectivity index (χ0n) is 9.64. The zero-order chi connectivity index (χ0) is 12.5. The summed E-state index contributed by atoms with van der Waals surface area (Å²) in [5, 5.41) is 2.88. The number of aryl methyl sites for hydroxylation is 1. The Bertz CT molecular complexity index is 537. The van der Waals surface area contributed by atoms with Crippen molar-refractivity contribution >= 4 is 16.1 Å². The van der Waals surface area contributed by atoms with Gasteiger partial charge in [0.2, 0.25) is 0 Å². The summed E-state index contributed by atoms with van der Waals surface area (Å²) in [5.74, 6) is 0.225. The lowest BCUT2D eigenvalue weighted by molar-refractivity contribution is -0.109. The average Bonchev–Trinajstić information content (AvgIpc) is 2.30. The van der Waals surface area contributed by atoms with Crippen molar-refractivity contribution in [3.8, 4) is 0 Å². The summed E-state index contributed by atoms with van der Waals surface area (Å²) in [6.07, 6.45) is 2.24. The van der Waals surface area contributed by atoms with Crippen LogP contribution in [-0.4, -0.2) is 27.5 Å². The van der Waals surface area contributed by atoms with Gasteiger partial charge in [0.1, 0.15) is 6.29 Å². The van der Waals surface area contributed by atoms with Crippen LogP contribution in [0.3, 0.4) is 0 Å². The molecule has 0 radical (unpaired) electrons. The summed E-state index contributed by atoms with van der Waals surface area (Å²) in [6, 6.07) is 4.77. The van der Waals surface area contributed by atoms with E-state index in [1.54, 1.807) is 19.2 Å². The minimum absolute atomic E-state index is 0.225. The van der Waals surface area contributed by atoms with Crippen LogP contribution in [0.4, 0.5) is 0 Å². The van der Waals surface area contributed by atoms with Gasteiger partial charge in [-0.25, -0.2) is 8.42 Å². The lowest BCUT2D eigenvalue weighted by atomic mass is 10.0. The van der Waals surface area contributed by atoms with E-state index in [1.165, 1.54) is 0 Å². The molecule has 1 aliphatic heterocycles. The maximum Gasteiger partial charge on any atom is 0.178 e. The van der Waals surface area contributed by atoms with E-state index >= 15 is 0 Å². The number of sulfone groups is 1. The van der Waals surface area contributed by atoms with Crippen molar-refractivity contribution in [1.82, 2.24) is 5.32 Å². The second-order valence-electron chi connectivity index (χ2n) is 4.19. The van der Waals surface area contributed by atoms with Gasteiger partial charge in [0, 0.05) is 0 Å². The van der Waals surface area contributed by atoms with Gasteiger partial charge in [0.05, 0.1) is 16.7 Å². The van der Waals surface area contributed by atoms with Crippen LogP contribution in [0, 0.1) is 0 Å². The predicted molar refractivity (Wildman–Crippen MR) is 64.7 cm³/mol. The Morgan fingerprint density at radius 1 is 1.41 bits per heavy atom. The SMILES string of the molecule is CNC(C=O)c1ccc2c(c1)CCCS2(=O)=O. The number of rotatable bonds is 3. The topological polar surface area (TPSA) is 63.2 Å². The average molecular weight is 253 g/mol. The number of nitrogens with one attached hydrogen (secondary N) is 1. The van der Waals surface area contributed by atoms with E-state index < -0.39 is 9.84 Å². The molecule has 0 fully saturated rings. The first-order valence-corrected chi connectivity index (χ1v) is 7.22. The molecule has 17 heavy (non-hydrogen) atoms. The van der Waals surface area contributed by atoms with Crippen molar-refractivity contribution in [2.75, 3.05) is 12.8 Å². The fraction of sp³-hybridized carbons (Fsp3) is 0.417. The zero-order valence-corrected chi connectivity index (χ0v) is 10.5. The van der Waals surface area contributed by atoms with E-state index in [0.29, 0.717) is 11.3 Å². The second-order valence-corrected chi connectivity index (χ2v) is 6.27. The Morgan fingerprint density at radius 2 is 2.18 bits per heavy atom. The van der Waals surface area contributed by atoms with Crippen LogP contribution in [0.25, 0.3) is 0 Å². The Labute approximate surface area is 101 Å². The van der Waals surface area contributed by atoms with Crippen LogP contribution < -0.4 is 5.32 Å². The van der Waals surface area contributed by atoms with Gasteiger partial charge in [-0.05, 0) is 37.1 Å². The first-order chi connectivity index (χ1) is 8.08. The minimum atomic E-state index is -3.11. The van der Waals surface area contributed by atoms with E-state index in [1.807, 2.05) is 6.07 Å². The van der Waals surface area contributed by atoms with Crippen molar-refractivity contribution in [1.29, 1.82) is 0 Å². The van der Waals surface area contributed by atoms with Crippen molar-refractivity contribution in [3.05, 3.63) is 29.3 Å². The number of carbonyl (C=O) groups excluding carboxylic acids is 1. The van der Waals surface area contributed by atoms with Gasteiger partial charge in [-0.2, -0.15) is 0 Å². The van der Waals surface area contributed by atoms with Gasteiger partial charge in [-0.15, -0.1) is 0 Å². The quantitative estimate of drug-likeness (QED) is 0.812. The number of benzene rings is 1. The number of fused-ring (bicyclic) bond motifs is 1. The summed E-state index contributed by atoms with van der Waals surface area (Å²) in [7, 11) is -1.40. The van der Waals surface area contributed by atoms with Crippen LogP contribution >= 0.6 is 0 Å². The van der Waals surface area contributed by atoms with Crippen molar-refractivity contribution in [3.63, 3.8) is 0 Å². The van der Waals surface area contributed by atoms with Crippen molar-refractivity contribution in [2.45, 2.75) is 23.8 Å². The Kier molecular flexibility index (Phi) is 3.31. The molecule has 92 valence electrons. The molecule has 0 saturated heterocycles. The molecule has 4 nitrogen and oxygen atoms in total. The number of likely N-dealkylation sites (N-methyl/N-ethyl adjacent to an activating group) is 1. The van der Waals surface area contributed by atoms with Gasteiger partial charge in [0.25, 0.3) is 0 Å². The molecule has 1 aromatic rings. The second kappa shape index (κ2) is 4.58. The molecule has 0 bridgehead atoms. The fourth-order valence-electron chi connectivity index (χ4n) is 2.17. The summed E-state index contributed by atoms with van der Waals surface area (Å²) in [4.78, 5) is 11.3. The van der Waals surface area contributed by atoms with Crippen molar-refractivity contribution < 1.29 is 13.2 Å². The standard InChI is InChI=1S/C12H15NO3S/c1-13-11(8-14)9-4-5-12-10(7-9)3-2-6-17(12,15)16/h4-5,7-8,11,13H,2-3,6H2,1H3. The molecule has 5 heteroatoms. The van der Waals surface area contributed by atoms with Gasteiger partial charge in [0.15, 0.2) is 9.84 Å². The van der Waals surface area contributed by atoms with Gasteiger partial charge in [-0.3, -0.25) is 0 Å². The highest BCUT2D eigenvalue weighted by Crippen LogP contribution is 2.27. The molecular formula is C12H15NO3S. The van der Waals surface area contributed by atoms with E-state index in [9.17, 15) is 13.2 Å². The van der Waals surface area contributed by atoms with Crippen molar-refractivity contribution in [2.24, 2.45) is 0 Å². The molecule has 1 aromatic carbocycles. The van der Waals surface area contributed by atoms with E-state index in [4.69, 9.17) is 0 Å². The Hall–Kier alpha value is -1.20. The molecule has 0 spiro atoms. The predicted octanol–water partition coefficient (Wildman–Crippen LogP) is 0.866. The monoisotopic (exact) mass is 253 g/mol. The fourth-order valence-corrected chi connectivity index (χ4v) is 3.75. The molecule has 1 aliphatic rings. The highest BCUT2D eigenvalue weighted by atomic mass is 32.2. The lowest BCUT2D eigenvalue weighted by Gasteiger charge is -2.18. The largest absolute Gasteiger partial charge is 0.307 e. The van der Waals surface area contributed by atoms with Crippen LogP contribution in [0.15, 0.2) is 23.1 Å². The molecule has 0 amide bonds. The molecule has 0 saturated carbocycles. The Balaban J connectivity index is 2.48. The first-order valence-electron chi connectivity index (χ1n) is 5.56. The van der Waals surface area contributed by atoms with E-state index in [-0.39, 0.29) is 11.8 Å². The summed E-state index contributed by atoms with van der Waals surface area (Å²) in [5.41, 5.74) is 1.65. The molecule has 1 unspecified atom stereocenters. The van der Waals surface area contributed by atoms with Crippen LogP contribution in [0.1, 0.15) is 23.6 Å². The maximum absolute atomic E-state index is 11.8. The summed E-state index contributed by atoms with van der Waals surface area (Å²) in [6.45, 7) is 0. The third-order valence-electron chi connectivity index (χ3n) is 3.08. The highest BCUT2D eigenvalue weighted by molar-refractivity contribution is 7.91. The summed E-state index contributed by atoms with van der Waals surface area (Å²) >= 11 is 0. The normalized spacial score (nSPS) is 19.4. The number of aldehydes is 1. The molecule has 1 atom stereocenters. The summed E-state index contributed by atoms with van der Waals surface area (Å²) < 4.78 is 23.6. The van der Waals surface area contributed by atoms with E-state index in [0.717, 1.165) is 23.8 Å². The smallest absolute Gasteiger partial charge is 0.178 e. The molecule has 0 aromatic heterocycles. The maximum atomic E-state index is 11.8. The van der Waals surface area contributed by atoms with Crippen LogP contribution in [0.5, 0.6) is 0 Å².